The van der Waals surface area contributed by atoms with Crippen molar-refractivity contribution in [3.63, 3.8) is 0 Å². The fourth-order valence-electron chi connectivity index (χ4n) is 3.38. The first-order valence-corrected chi connectivity index (χ1v) is 10.7. The predicted octanol–water partition coefficient (Wildman–Crippen LogP) is 5.37. The molecule has 0 aliphatic heterocycles. The Morgan fingerprint density at radius 1 is 0.824 bits per heavy atom. The number of benzene rings is 3. The molecule has 168 valence electrons. The van der Waals surface area contributed by atoms with Gasteiger partial charge in [-0.2, -0.15) is 15.0 Å². The number of oxazole rings is 1. The second kappa shape index (κ2) is 9.03. The maximum absolute atomic E-state index is 10.3. The minimum atomic E-state index is 0.0794. The highest BCUT2D eigenvalue weighted by molar-refractivity contribution is 5.75. The molecule has 0 bridgehead atoms. The Balaban J connectivity index is 1.51. The van der Waals surface area contributed by atoms with E-state index < -0.39 is 0 Å². The summed E-state index contributed by atoms with van der Waals surface area (Å²) < 4.78 is 5.75. The minimum absolute atomic E-state index is 0.0794. The Morgan fingerprint density at radius 2 is 1.59 bits per heavy atom. The van der Waals surface area contributed by atoms with Gasteiger partial charge in [-0.1, -0.05) is 42.5 Å². The van der Waals surface area contributed by atoms with Crippen LogP contribution in [0.4, 0.5) is 17.7 Å². The van der Waals surface area contributed by atoms with Crippen molar-refractivity contribution >= 4 is 40.9 Å². The number of aromatic hydroxyl groups is 1. The zero-order valence-corrected chi connectivity index (χ0v) is 18.7. The van der Waals surface area contributed by atoms with E-state index in [9.17, 15) is 5.11 Å². The number of phenols is 1. The lowest BCUT2D eigenvalue weighted by Crippen LogP contribution is -2.07. The summed E-state index contributed by atoms with van der Waals surface area (Å²) in [6.07, 6.45) is 3.72. The molecule has 0 atom stereocenters. The van der Waals surface area contributed by atoms with Gasteiger partial charge in [-0.15, -0.1) is 0 Å². The number of para-hydroxylation sites is 3. The number of rotatable bonds is 6. The lowest BCUT2D eigenvalue weighted by molar-refractivity contribution is 0.477. The summed E-state index contributed by atoms with van der Waals surface area (Å²) in [5.41, 5.74) is 3.99. The smallest absolute Gasteiger partial charge is 0.302 e. The molecule has 5 rings (SSSR count). The molecule has 5 aromatic rings. The van der Waals surface area contributed by atoms with Crippen molar-refractivity contribution < 1.29 is 9.52 Å². The van der Waals surface area contributed by atoms with E-state index in [-0.39, 0.29) is 17.7 Å². The van der Waals surface area contributed by atoms with Crippen LogP contribution in [0, 0.1) is 0 Å². The van der Waals surface area contributed by atoms with Crippen molar-refractivity contribution in [1.82, 2.24) is 19.9 Å². The van der Waals surface area contributed by atoms with Crippen molar-refractivity contribution in [3.05, 3.63) is 84.2 Å². The molecule has 0 unspecified atom stereocenters. The fourth-order valence-corrected chi connectivity index (χ4v) is 3.38. The Morgan fingerprint density at radius 3 is 2.35 bits per heavy atom. The number of hydrogen-bond acceptors (Lipinski definition) is 8. The maximum Gasteiger partial charge on any atom is 0.302 e. The molecule has 3 aromatic carbocycles. The van der Waals surface area contributed by atoms with Crippen LogP contribution in [0.5, 0.6) is 5.75 Å². The third-order valence-corrected chi connectivity index (χ3v) is 5.14. The fraction of sp³-hybridized carbons (Fsp3) is 0.0769. The standard InChI is InChI=1S/C26H22N6O2/c1-32(2)18-14-11-17(12-15-18)13-16-23-28-24(19-7-3-5-9-21(19)33)30-25(29-23)31-26-27-20-8-4-6-10-22(20)34-26/h3-16,33H,1-2H3,(H,27,28,29,30,31)/b16-13+. The van der Waals surface area contributed by atoms with Crippen molar-refractivity contribution in [1.29, 1.82) is 0 Å². The number of nitrogens with one attached hydrogen (secondary N) is 1. The summed E-state index contributed by atoms with van der Waals surface area (Å²) in [5.74, 6) is 1.08. The van der Waals surface area contributed by atoms with Gasteiger partial charge in [0, 0.05) is 19.8 Å². The number of hydrogen-bond donors (Lipinski definition) is 2. The molecular formula is C26H22N6O2. The molecule has 2 aromatic heterocycles. The van der Waals surface area contributed by atoms with E-state index in [2.05, 4.69) is 25.3 Å². The lowest BCUT2D eigenvalue weighted by atomic mass is 10.2. The molecule has 0 amide bonds. The van der Waals surface area contributed by atoms with Gasteiger partial charge in [0.2, 0.25) is 5.95 Å². The van der Waals surface area contributed by atoms with Gasteiger partial charge in [-0.3, -0.25) is 5.32 Å². The Labute approximate surface area is 196 Å². The predicted molar refractivity (Wildman–Crippen MR) is 134 cm³/mol. The molecule has 8 heteroatoms. The largest absolute Gasteiger partial charge is 0.507 e. The molecule has 0 aliphatic rings. The highest BCUT2D eigenvalue weighted by atomic mass is 16.4. The van der Waals surface area contributed by atoms with E-state index in [1.165, 1.54) is 0 Å². The topological polar surface area (TPSA) is 100 Å². The average molecular weight is 451 g/mol. The van der Waals surface area contributed by atoms with Crippen LogP contribution in [-0.4, -0.2) is 39.1 Å². The first kappa shape index (κ1) is 21.1. The molecule has 0 saturated carbocycles. The second-order valence-corrected chi connectivity index (χ2v) is 7.79. The molecule has 0 spiro atoms. The molecular weight excluding hydrogens is 428 g/mol. The van der Waals surface area contributed by atoms with E-state index in [1.54, 1.807) is 24.3 Å². The SMILES string of the molecule is CN(C)c1ccc(/C=C/c2nc(Nc3nc4ccccc4o3)nc(-c3ccccc3O)n2)cc1. The van der Waals surface area contributed by atoms with Gasteiger partial charge in [0.1, 0.15) is 11.3 Å². The van der Waals surface area contributed by atoms with Gasteiger partial charge in [-0.25, -0.2) is 4.98 Å². The average Bonchev–Trinajstić information content (AvgIpc) is 3.25. The summed E-state index contributed by atoms with van der Waals surface area (Å²) in [7, 11) is 4.00. The number of fused-ring (bicyclic) bond motifs is 1. The zero-order valence-electron chi connectivity index (χ0n) is 18.7. The molecule has 8 nitrogen and oxygen atoms in total. The van der Waals surface area contributed by atoms with Crippen LogP contribution in [0.2, 0.25) is 0 Å². The summed E-state index contributed by atoms with van der Waals surface area (Å²) in [4.78, 5) is 20.0. The van der Waals surface area contributed by atoms with E-state index in [0.29, 0.717) is 22.8 Å². The normalized spacial score (nSPS) is 11.2. The first-order valence-electron chi connectivity index (χ1n) is 10.7. The molecule has 0 aliphatic carbocycles. The van der Waals surface area contributed by atoms with Crippen molar-refractivity contribution in [3.8, 4) is 17.1 Å². The van der Waals surface area contributed by atoms with Crippen molar-refractivity contribution in [2.75, 3.05) is 24.3 Å². The Kier molecular flexibility index (Phi) is 5.61. The quantitative estimate of drug-likeness (QED) is 0.356. The molecule has 0 fully saturated rings. The first-order chi connectivity index (χ1) is 16.5. The monoisotopic (exact) mass is 450 g/mol. The van der Waals surface area contributed by atoms with Gasteiger partial charge in [-0.05, 0) is 48.0 Å². The highest BCUT2D eigenvalue weighted by Gasteiger charge is 2.13. The summed E-state index contributed by atoms with van der Waals surface area (Å²) in [5, 5.41) is 13.4. The zero-order chi connectivity index (χ0) is 23.5. The number of anilines is 3. The van der Waals surface area contributed by atoms with Crippen molar-refractivity contribution in [2.24, 2.45) is 0 Å². The summed E-state index contributed by atoms with van der Waals surface area (Å²) >= 11 is 0. The van der Waals surface area contributed by atoms with Crippen LogP contribution in [-0.2, 0) is 0 Å². The van der Waals surface area contributed by atoms with Gasteiger partial charge < -0.3 is 14.4 Å². The van der Waals surface area contributed by atoms with Crippen LogP contribution in [0.1, 0.15) is 11.4 Å². The lowest BCUT2D eigenvalue weighted by Gasteiger charge is -2.11. The van der Waals surface area contributed by atoms with E-state index >= 15 is 0 Å². The number of aromatic nitrogens is 4. The van der Waals surface area contributed by atoms with Crippen molar-refractivity contribution in [2.45, 2.75) is 0 Å². The van der Waals surface area contributed by atoms with Crippen LogP contribution in [0.3, 0.4) is 0 Å². The van der Waals surface area contributed by atoms with Gasteiger partial charge in [0.25, 0.3) is 0 Å². The highest BCUT2D eigenvalue weighted by Crippen LogP contribution is 2.27. The number of phenolic OH excluding ortho intramolecular Hbond substituents is 1. The van der Waals surface area contributed by atoms with E-state index in [1.807, 2.05) is 79.7 Å². The van der Waals surface area contributed by atoms with Crippen LogP contribution in [0.25, 0.3) is 34.6 Å². The van der Waals surface area contributed by atoms with Crippen LogP contribution < -0.4 is 10.2 Å². The van der Waals surface area contributed by atoms with Gasteiger partial charge in [0.05, 0.1) is 5.56 Å². The summed E-state index contributed by atoms with van der Waals surface area (Å²) in [6.45, 7) is 0. The van der Waals surface area contributed by atoms with Crippen LogP contribution >= 0.6 is 0 Å². The molecule has 2 N–H and O–H groups in total. The Hall–Kier alpha value is -4.72. The number of nitrogens with zero attached hydrogens (tertiary/aromatic N) is 5. The van der Waals surface area contributed by atoms with Gasteiger partial charge in [0.15, 0.2) is 17.2 Å². The Bertz CT molecular complexity index is 1440. The minimum Gasteiger partial charge on any atom is -0.507 e. The third kappa shape index (κ3) is 4.56. The van der Waals surface area contributed by atoms with E-state index in [0.717, 1.165) is 16.8 Å². The molecule has 0 radical (unpaired) electrons. The molecule has 34 heavy (non-hydrogen) atoms. The molecule has 0 saturated heterocycles. The van der Waals surface area contributed by atoms with E-state index in [4.69, 9.17) is 4.42 Å². The second-order valence-electron chi connectivity index (χ2n) is 7.79. The third-order valence-electron chi connectivity index (χ3n) is 5.14. The van der Waals surface area contributed by atoms with Gasteiger partial charge >= 0.3 is 6.01 Å². The summed E-state index contributed by atoms with van der Waals surface area (Å²) in [6, 6.07) is 22.8. The van der Waals surface area contributed by atoms with Crippen LogP contribution in [0.15, 0.2) is 77.2 Å². The maximum atomic E-state index is 10.3. The molecule has 2 heterocycles.